The van der Waals surface area contributed by atoms with Crippen LogP contribution < -0.4 is 5.73 Å². The molecule has 2 N–H and O–H groups in total. The average Bonchev–Trinajstić information content (AvgIpc) is 2.11. The van der Waals surface area contributed by atoms with Gasteiger partial charge in [-0.25, -0.2) is 0 Å². The van der Waals surface area contributed by atoms with Crippen LogP contribution in [0.1, 0.15) is 19.8 Å². The van der Waals surface area contributed by atoms with Crippen molar-refractivity contribution in [1.29, 1.82) is 5.26 Å². The Labute approximate surface area is 77.1 Å². The Kier molecular flexibility index (Phi) is 4.52. The Hall–Kier alpha value is -1.57. The Bertz CT molecular complexity index is 244. The highest BCUT2D eigenvalue weighted by molar-refractivity contribution is 5.79. The van der Waals surface area contributed by atoms with Gasteiger partial charge in [0.2, 0.25) is 11.8 Å². The second kappa shape index (κ2) is 5.14. The van der Waals surface area contributed by atoms with Gasteiger partial charge < -0.3 is 5.73 Å². The van der Waals surface area contributed by atoms with Crippen LogP contribution in [0, 0.1) is 17.4 Å². The summed E-state index contributed by atoms with van der Waals surface area (Å²) in [5.74, 6) is -1.04. The van der Waals surface area contributed by atoms with Gasteiger partial charge in [0.05, 0.1) is 0 Å². The van der Waals surface area contributed by atoms with Gasteiger partial charge in [-0.15, -0.1) is 0 Å². The molecule has 0 aromatic carbocycles. The van der Waals surface area contributed by atoms with Crippen LogP contribution in [0.4, 0.5) is 0 Å². The minimum Gasteiger partial charge on any atom is -0.369 e. The number of carbonyl (C=O) groups is 2. The van der Waals surface area contributed by atoms with E-state index in [-0.39, 0.29) is 18.2 Å². The van der Waals surface area contributed by atoms with Crippen molar-refractivity contribution in [3.8, 4) is 6.19 Å². The van der Waals surface area contributed by atoms with E-state index in [0.717, 1.165) is 4.90 Å². The van der Waals surface area contributed by atoms with Crippen LogP contribution in [0.3, 0.4) is 0 Å². The molecule has 5 nitrogen and oxygen atoms in total. The van der Waals surface area contributed by atoms with Crippen LogP contribution in [0.2, 0.25) is 0 Å². The predicted molar refractivity (Wildman–Crippen MR) is 46.0 cm³/mol. The maximum Gasteiger partial charge on any atom is 0.235 e. The largest absolute Gasteiger partial charge is 0.369 e. The van der Waals surface area contributed by atoms with Crippen LogP contribution in [0.5, 0.6) is 0 Å². The lowest BCUT2D eigenvalue weighted by molar-refractivity contribution is -0.127. The molecule has 13 heavy (non-hydrogen) atoms. The van der Waals surface area contributed by atoms with Gasteiger partial charge in [-0.3, -0.25) is 14.5 Å². The van der Waals surface area contributed by atoms with E-state index in [1.165, 1.54) is 7.05 Å². The van der Waals surface area contributed by atoms with Crippen LogP contribution >= 0.6 is 0 Å². The Morgan fingerprint density at radius 1 is 1.62 bits per heavy atom. The zero-order valence-electron chi connectivity index (χ0n) is 7.78. The summed E-state index contributed by atoms with van der Waals surface area (Å²) in [6, 6.07) is 0. The third-order valence-electron chi connectivity index (χ3n) is 1.80. The lowest BCUT2D eigenvalue weighted by Gasteiger charge is -2.08. The van der Waals surface area contributed by atoms with Crippen LogP contribution in [-0.2, 0) is 9.59 Å². The lowest BCUT2D eigenvalue weighted by Crippen LogP contribution is -2.25. The summed E-state index contributed by atoms with van der Waals surface area (Å²) in [5.41, 5.74) is 5.00. The van der Waals surface area contributed by atoms with E-state index in [4.69, 9.17) is 11.0 Å². The molecule has 0 aromatic rings. The molecule has 72 valence electrons. The number of nitrogens with zero attached hydrogens (tertiary/aromatic N) is 2. The standard InChI is InChI=1S/C8H13N3O2/c1-6(8(10)13)3-4-7(12)11(2)5-9/h6H,3-4H2,1-2H3,(H2,10,13). The second-order valence-corrected chi connectivity index (χ2v) is 2.89. The summed E-state index contributed by atoms with van der Waals surface area (Å²) in [6.45, 7) is 1.65. The number of nitriles is 1. The van der Waals surface area contributed by atoms with E-state index in [1.807, 2.05) is 0 Å². The third kappa shape index (κ3) is 4.11. The van der Waals surface area contributed by atoms with E-state index < -0.39 is 5.91 Å². The highest BCUT2D eigenvalue weighted by Crippen LogP contribution is 2.05. The predicted octanol–water partition coefficient (Wildman–Crippen LogP) is -0.173. The van der Waals surface area contributed by atoms with Gasteiger partial charge in [0.1, 0.15) is 0 Å². The van der Waals surface area contributed by atoms with E-state index in [9.17, 15) is 9.59 Å². The number of carbonyl (C=O) groups excluding carboxylic acids is 2. The highest BCUT2D eigenvalue weighted by atomic mass is 16.2. The monoisotopic (exact) mass is 183 g/mol. The normalized spacial score (nSPS) is 11.5. The maximum atomic E-state index is 11.1. The molecule has 1 unspecified atom stereocenters. The molecule has 1 atom stereocenters. The Morgan fingerprint density at radius 2 is 2.15 bits per heavy atom. The first-order chi connectivity index (χ1) is 5.99. The zero-order chi connectivity index (χ0) is 10.4. The molecule has 5 heteroatoms. The number of hydrogen-bond donors (Lipinski definition) is 1. The summed E-state index contributed by atoms with van der Waals surface area (Å²) in [5, 5.41) is 8.34. The summed E-state index contributed by atoms with van der Waals surface area (Å²) in [4.78, 5) is 22.6. The molecule has 0 saturated carbocycles. The van der Waals surface area contributed by atoms with Gasteiger partial charge in [0, 0.05) is 19.4 Å². The average molecular weight is 183 g/mol. The van der Waals surface area contributed by atoms with E-state index in [2.05, 4.69) is 0 Å². The molecular weight excluding hydrogens is 170 g/mol. The fourth-order valence-corrected chi connectivity index (χ4v) is 0.706. The van der Waals surface area contributed by atoms with Crippen molar-refractivity contribution in [2.75, 3.05) is 7.05 Å². The smallest absolute Gasteiger partial charge is 0.235 e. The third-order valence-corrected chi connectivity index (χ3v) is 1.80. The van der Waals surface area contributed by atoms with Gasteiger partial charge >= 0.3 is 0 Å². The minimum absolute atomic E-state index is 0.175. The molecule has 0 aliphatic rings. The lowest BCUT2D eigenvalue weighted by atomic mass is 10.1. The summed E-state index contributed by atoms with van der Waals surface area (Å²) in [7, 11) is 1.39. The SMILES string of the molecule is CC(CCC(=O)N(C)C#N)C(N)=O. The Balaban J connectivity index is 3.85. The second-order valence-electron chi connectivity index (χ2n) is 2.89. The summed E-state index contributed by atoms with van der Waals surface area (Å²) in [6.07, 6.45) is 2.25. The van der Waals surface area contributed by atoms with Gasteiger partial charge in [-0.2, -0.15) is 5.26 Å². The number of hydrogen-bond acceptors (Lipinski definition) is 3. The van der Waals surface area contributed by atoms with Crippen molar-refractivity contribution in [3.05, 3.63) is 0 Å². The first kappa shape index (κ1) is 11.4. The van der Waals surface area contributed by atoms with Crippen molar-refractivity contribution in [2.24, 2.45) is 11.7 Å². The summed E-state index contributed by atoms with van der Waals surface area (Å²) >= 11 is 0. The van der Waals surface area contributed by atoms with Gasteiger partial charge in [-0.05, 0) is 6.42 Å². The van der Waals surface area contributed by atoms with E-state index in [1.54, 1.807) is 13.1 Å². The van der Waals surface area contributed by atoms with Gasteiger partial charge in [0.25, 0.3) is 0 Å². The van der Waals surface area contributed by atoms with Gasteiger partial charge in [-0.1, -0.05) is 6.92 Å². The molecule has 0 bridgehead atoms. The molecule has 0 aromatic heterocycles. The van der Waals surface area contributed by atoms with Crippen molar-refractivity contribution < 1.29 is 9.59 Å². The minimum atomic E-state index is -0.424. The molecule has 0 heterocycles. The highest BCUT2D eigenvalue weighted by Gasteiger charge is 2.13. The van der Waals surface area contributed by atoms with Gasteiger partial charge in [0.15, 0.2) is 6.19 Å². The van der Waals surface area contributed by atoms with Crippen LogP contribution in [0.15, 0.2) is 0 Å². The number of nitrogens with two attached hydrogens (primary N) is 1. The first-order valence-corrected chi connectivity index (χ1v) is 3.94. The van der Waals surface area contributed by atoms with Crippen LogP contribution in [-0.4, -0.2) is 23.8 Å². The summed E-state index contributed by atoms with van der Waals surface area (Å²) < 4.78 is 0. The topological polar surface area (TPSA) is 87.2 Å². The van der Waals surface area contributed by atoms with Crippen LogP contribution in [0.25, 0.3) is 0 Å². The number of rotatable bonds is 4. The first-order valence-electron chi connectivity index (χ1n) is 3.94. The fraction of sp³-hybridized carbons (Fsp3) is 0.625. The van der Waals surface area contributed by atoms with Crippen molar-refractivity contribution in [2.45, 2.75) is 19.8 Å². The molecule has 0 aliphatic carbocycles. The maximum absolute atomic E-state index is 11.1. The number of amides is 2. The van der Waals surface area contributed by atoms with Crippen molar-refractivity contribution >= 4 is 11.8 Å². The fourth-order valence-electron chi connectivity index (χ4n) is 0.706. The molecule has 0 radical (unpaired) electrons. The molecule has 0 rings (SSSR count). The van der Waals surface area contributed by atoms with Crippen molar-refractivity contribution in [3.63, 3.8) is 0 Å². The molecular formula is C8H13N3O2. The molecule has 0 fully saturated rings. The molecule has 0 spiro atoms. The molecule has 0 aliphatic heterocycles. The molecule has 2 amide bonds. The zero-order valence-corrected chi connectivity index (χ0v) is 7.78. The number of primary amides is 1. The van der Waals surface area contributed by atoms with Crippen molar-refractivity contribution in [1.82, 2.24) is 4.90 Å². The molecule has 0 saturated heterocycles. The Morgan fingerprint density at radius 3 is 2.54 bits per heavy atom. The quantitative estimate of drug-likeness (QED) is 0.484. The van der Waals surface area contributed by atoms with E-state index in [0.29, 0.717) is 6.42 Å². The van der Waals surface area contributed by atoms with E-state index >= 15 is 0 Å².